The fourth-order valence-electron chi connectivity index (χ4n) is 2.41. The van der Waals surface area contributed by atoms with E-state index in [0.29, 0.717) is 5.56 Å². The van der Waals surface area contributed by atoms with Crippen molar-refractivity contribution in [1.29, 1.82) is 0 Å². The summed E-state index contributed by atoms with van der Waals surface area (Å²) in [4.78, 5) is 36.9. The Labute approximate surface area is 143 Å². The fourth-order valence-corrected chi connectivity index (χ4v) is 2.41. The third kappa shape index (κ3) is 3.41. The zero-order chi connectivity index (χ0) is 18.7. The number of phenolic OH excluding ortho intramolecular Hbond substituents is 1. The van der Waals surface area contributed by atoms with E-state index in [0.717, 1.165) is 20.3 Å². The highest BCUT2D eigenvalue weighted by molar-refractivity contribution is 6.05. The topological polar surface area (TPSA) is 123 Å². The van der Waals surface area contributed by atoms with Crippen LogP contribution in [-0.2, 0) is 23.8 Å². The molecule has 1 aromatic carbocycles. The molecular formula is C16H17NO8. The highest BCUT2D eigenvalue weighted by Gasteiger charge is 2.34. The molecule has 9 nitrogen and oxygen atoms in total. The number of carboxylic acid groups (broad SMARTS) is 1. The van der Waals surface area contributed by atoms with Gasteiger partial charge in [0.05, 0.1) is 37.7 Å². The molecule has 0 saturated heterocycles. The number of aryl methyl sites for hydroxylation is 1. The molecule has 1 aliphatic rings. The van der Waals surface area contributed by atoms with Gasteiger partial charge in [-0.25, -0.2) is 14.4 Å². The van der Waals surface area contributed by atoms with Crippen LogP contribution in [-0.4, -0.2) is 55.7 Å². The van der Waals surface area contributed by atoms with Crippen LogP contribution >= 0.6 is 0 Å². The van der Waals surface area contributed by atoms with Gasteiger partial charge in [-0.15, -0.1) is 0 Å². The predicted molar refractivity (Wildman–Crippen MR) is 84.2 cm³/mol. The van der Waals surface area contributed by atoms with Gasteiger partial charge < -0.3 is 29.3 Å². The monoisotopic (exact) mass is 351 g/mol. The van der Waals surface area contributed by atoms with Crippen LogP contribution in [0.2, 0.25) is 0 Å². The van der Waals surface area contributed by atoms with Gasteiger partial charge >= 0.3 is 17.9 Å². The van der Waals surface area contributed by atoms with Crippen LogP contribution in [0.1, 0.15) is 15.9 Å². The third-order valence-corrected chi connectivity index (χ3v) is 3.67. The Bertz CT molecular complexity index is 768. The predicted octanol–water partition coefficient (Wildman–Crippen LogP) is 0.793. The summed E-state index contributed by atoms with van der Waals surface area (Å²) in [5.41, 5.74) is -0.0752. The number of methoxy groups -OCH3 is 2. The summed E-state index contributed by atoms with van der Waals surface area (Å²) >= 11 is 0. The van der Waals surface area contributed by atoms with Crippen molar-refractivity contribution in [3.05, 3.63) is 34.5 Å². The molecule has 0 saturated carbocycles. The highest BCUT2D eigenvalue weighted by Crippen LogP contribution is 2.33. The van der Waals surface area contributed by atoms with Crippen LogP contribution in [0.25, 0.3) is 0 Å². The lowest BCUT2D eigenvalue weighted by atomic mass is 10.1. The number of benzene rings is 1. The van der Waals surface area contributed by atoms with E-state index in [9.17, 15) is 24.6 Å². The Kier molecular flexibility index (Phi) is 5.28. The summed E-state index contributed by atoms with van der Waals surface area (Å²) in [6.45, 7) is 1.19. The molecule has 134 valence electrons. The van der Waals surface area contributed by atoms with Gasteiger partial charge in [0, 0.05) is 0 Å². The molecule has 25 heavy (non-hydrogen) atoms. The van der Waals surface area contributed by atoms with Gasteiger partial charge in [-0.3, -0.25) is 0 Å². The first-order chi connectivity index (χ1) is 11.8. The molecule has 2 N–H and O–H groups in total. The lowest BCUT2D eigenvalue weighted by Crippen LogP contribution is -2.39. The van der Waals surface area contributed by atoms with Crippen molar-refractivity contribution in [2.45, 2.75) is 6.92 Å². The Hall–Kier alpha value is -3.07. The van der Waals surface area contributed by atoms with Gasteiger partial charge in [0.2, 0.25) is 0 Å². The van der Waals surface area contributed by atoms with Crippen LogP contribution in [0.5, 0.6) is 5.75 Å². The Morgan fingerprint density at radius 3 is 2.36 bits per heavy atom. The number of aromatic carboxylic acids is 1. The third-order valence-electron chi connectivity index (χ3n) is 3.67. The number of anilines is 1. The van der Waals surface area contributed by atoms with E-state index in [-0.39, 0.29) is 41.6 Å². The van der Waals surface area contributed by atoms with E-state index in [1.807, 2.05) is 0 Å². The molecule has 0 aliphatic carbocycles. The number of aromatic hydroxyl groups is 1. The number of hydrogen-bond acceptors (Lipinski definition) is 8. The molecule has 9 heteroatoms. The van der Waals surface area contributed by atoms with E-state index in [4.69, 9.17) is 9.47 Å². The van der Waals surface area contributed by atoms with Gasteiger partial charge in [0.25, 0.3) is 0 Å². The average Bonchev–Trinajstić information content (AvgIpc) is 2.61. The molecule has 0 aromatic heterocycles. The van der Waals surface area contributed by atoms with Gasteiger partial charge in [0.15, 0.2) is 0 Å². The molecular weight excluding hydrogens is 334 g/mol. The zero-order valence-corrected chi connectivity index (χ0v) is 13.9. The molecule has 0 unspecified atom stereocenters. The highest BCUT2D eigenvalue weighted by atomic mass is 16.5. The SMILES string of the molecule is COC(=O)C1=C(C(=O)OC)N(c2cc(C)c(O)cc2C(=O)O)COC1. The quantitative estimate of drug-likeness (QED) is 0.758. The second-order valence-corrected chi connectivity index (χ2v) is 5.18. The fraction of sp³-hybridized carbons (Fsp3) is 0.312. The number of carboxylic acids is 1. The second-order valence-electron chi connectivity index (χ2n) is 5.18. The molecule has 1 aromatic rings. The lowest BCUT2D eigenvalue weighted by Gasteiger charge is -2.32. The Morgan fingerprint density at radius 2 is 1.80 bits per heavy atom. The molecule has 0 fully saturated rings. The van der Waals surface area contributed by atoms with Crippen molar-refractivity contribution in [3.8, 4) is 5.75 Å². The number of esters is 2. The van der Waals surface area contributed by atoms with Crippen LogP contribution in [0, 0.1) is 6.92 Å². The molecule has 0 bridgehead atoms. The standard InChI is InChI=1S/C16H17NO8/c1-8-4-11(9(14(19)20)5-12(8)18)17-7-25-6-10(15(21)23-2)13(17)16(22)24-3/h4-5,18H,6-7H2,1-3H3,(H,19,20). The molecule has 0 amide bonds. The van der Waals surface area contributed by atoms with E-state index in [1.54, 1.807) is 6.92 Å². The van der Waals surface area contributed by atoms with Crippen LogP contribution in [0.15, 0.2) is 23.4 Å². The maximum atomic E-state index is 12.2. The van der Waals surface area contributed by atoms with Gasteiger partial charge in [-0.1, -0.05) is 0 Å². The van der Waals surface area contributed by atoms with Crippen molar-refractivity contribution in [3.63, 3.8) is 0 Å². The van der Waals surface area contributed by atoms with Crippen LogP contribution in [0.3, 0.4) is 0 Å². The molecule has 1 heterocycles. The minimum Gasteiger partial charge on any atom is -0.508 e. The number of ether oxygens (including phenoxy) is 3. The summed E-state index contributed by atoms with van der Waals surface area (Å²) in [7, 11) is 2.29. The first-order valence-corrected chi connectivity index (χ1v) is 7.13. The maximum absolute atomic E-state index is 12.2. The van der Waals surface area contributed by atoms with E-state index >= 15 is 0 Å². The second kappa shape index (κ2) is 7.22. The number of nitrogens with zero attached hydrogens (tertiary/aromatic N) is 1. The Balaban J connectivity index is 2.72. The first kappa shape index (κ1) is 18.3. The minimum atomic E-state index is -1.32. The van der Waals surface area contributed by atoms with Crippen LogP contribution in [0.4, 0.5) is 5.69 Å². The summed E-state index contributed by atoms with van der Waals surface area (Å²) in [6.07, 6.45) is 0. The van der Waals surface area contributed by atoms with Crippen molar-refractivity contribution >= 4 is 23.6 Å². The van der Waals surface area contributed by atoms with Crippen molar-refractivity contribution in [2.24, 2.45) is 0 Å². The molecule has 0 spiro atoms. The number of phenols is 1. The van der Waals surface area contributed by atoms with Gasteiger partial charge in [0.1, 0.15) is 18.2 Å². The van der Waals surface area contributed by atoms with Crippen molar-refractivity contribution < 1.29 is 38.8 Å². The molecule has 0 radical (unpaired) electrons. The van der Waals surface area contributed by atoms with Crippen LogP contribution < -0.4 is 4.90 Å². The zero-order valence-electron chi connectivity index (χ0n) is 13.9. The molecule has 0 atom stereocenters. The van der Waals surface area contributed by atoms with E-state index in [1.165, 1.54) is 11.0 Å². The number of carbonyl (C=O) groups is 3. The number of carbonyl (C=O) groups excluding carboxylic acids is 2. The summed E-state index contributed by atoms with van der Waals surface area (Å²) in [6, 6.07) is 2.44. The van der Waals surface area contributed by atoms with Crippen molar-refractivity contribution in [2.75, 3.05) is 32.5 Å². The summed E-state index contributed by atoms with van der Waals surface area (Å²) in [5.74, 6) is -3.17. The lowest BCUT2D eigenvalue weighted by molar-refractivity contribution is -0.140. The smallest absolute Gasteiger partial charge is 0.355 e. The summed E-state index contributed by atoms with van der Waals surface area (Å²) in [5, 5.41) is 19.2. The van der Waals surface area contributed by atoms with E-state index in [2.05, 4.69) is 4.74 Å². The van der Waals surface area contributed by atoms with E-state index < -0.39 is 17.9 Å². The minimum absolute atomic E-state index is 0.0734. The molecule has 2 rings (SSSR count). The average molecular weight is 351 g/mol. The van der Waals surface area contributed by atoms with Gasteiger partial charge in [-0.05, 0) is 24.6 Å². The van der Waals surface area contributed by atoms with Crippen molar-refractivity contribution in [1.82, 2.24) is 0 Å². The molecule has 1 aliphatic heterocycles. The van der Waals surface area contributed by atoms with Gasteiger partial charge in [-0.2, -0.15) is 0 Å². The Morgan fingerprint density at radius 1 is 1.16 bits per heavy atom. The number of hydrogen-bond donors (Lipinski definition) is 2. The summed E-state index contributed by atoms with van der Waals surface area (Å²) < 4.78 is 14.7. The maximum Gasteiger partial charge on any atom is 0.355 e. The largest absolute Gasteiger partial charge is 0.508 e. The first-order valence-electron chi connectivity index (χ1n) is 7.13. The number of rotatable bonds is 4. The normalized spacial score (nSPS) is 14.3.